The minimum absolute atomic E-state index is 0.416. The lowest BCUT2D eigenvalue weighted by atomic mass is 9.79. The molecule has 0 spiro atoms. The van der Waals surface area contributed by atoms with E-state index in [0.29, 0.717) is 18.4 Å². The van der Waals surface area contributed by atoms with E-state index in [4.69, 9.17) is 0 Å². The minimum atomic E-state index is -0.955. The second-order valence-electron chi connectivity index (χ2n) is 5.26. The predicted molar refractivity (Wildman–Crippen MR) is 87.9 cm³/mol. The Balaban J connectivity index is 1.96. The van der Waals surface area contributed by atoms with E-state index >= 15 is 0 Å². The van der Waals surface area contributed by atoms with Crippen molar-refractivity contribution in [1.29, 1.82) is 0 Å². The Bertz CT molecular complexity index is 591. The van der Waals surface area contributed by atoms with Gasteiger partial charge in [0, 0.05) is 3.57 Å². The SMILES string of the molecule is O=C(NNC(=O)C1CCCC[C@@H]1C(=O)O)c1ccccc1I. The number of amides is 2. The summed E-state index contributed by atoms with van der Waals surface area (Å²) in [5.74, 6) is -3.08. The maximum absolute atomic E-state index is 12.1. The molecule has 1 fully saturated rings. The molecule has 0 aromatic heterocycles. The number of rotatable bonds is 3. The first-order chi connectivity index (χ1) is 10.5. The number of carboxylic acids is 1. The molecule has 1 aromatic carbocycles. The molecule has 7 heteroatoms. The van der Waals surface area contributed by atoms with Gasteiger partial charge in [0.15, 0.2) is 0 Å². The molecule has 1 aliphatic carbocycles. The third-order valence-electron chi connectivity index (χ3n) is 3.84. The van der Waals surface area contributed by atoms with Crippen LogP contribution in [-0.2, 0) is 9.59 Å². The third kappa shape index (κ3) is 3.96. The summed E-state index contributed by atoms with van der Waals surface area (Å²) >= 11 is 2.04. The van der Waals surface area contributed by atoms with E-state index in [0.717, 1.165) is 16.4 Å². The highest BCUT2D eigenvalue weighted by Crippen LogP contribution is 2.30. The lowest BCUT2D eigenvalue weighted by molar-refractivity contribution is -0.149. The fourth-order valence-electron chi connectivity index (χ4n) is 2.66. The van der Waals surface area contributed by atoms with Crippen LogP contribution in [0.1, 0.15) is 36.0 Å². The second-order valence-corrected chi connectivity index (χ2v) is 6.42. The maximum atomic E-state index is 12.1. The Morgan fingerprint density at radius 1 is 1.05 bits per heavy atom. The fraction of sp³-hybridized carbons (Fsp3) is 0.400. The number of hydrogen-bond acceptors (Lipinski definition) is 3. The standard InChI is InChI=1S/C15H17IN2O4/c16-12-8-4-3-7-11(12)14(20)18-17-13(19)9-5-1-2-6-10(9)15(21)22/h3-4,7-10H,1-2,5-6H2,(H,17,19)(H,18,20)(H,21,22)/t9?,10-/m0/s1. The van der Waals surface area contributed by atoms with Crippen LogP contribution in [0, 0.1) is 15.4 Å². The third-order valence-corrected chi connectivity index (χ3v) is 4.78. The highest BCUT2D eigenvalue weighted by atomic mass is 127. The van der Waals surface area contributed by atoms with Crippen molar-refractivity contribution in [1.82, 2.24) is 10.9 Å². The summed E-state index contributed by atoms with van der Waals surface area (Å²) in [6, 6.07) is 7.00. The van der Waals surface area contributed by atoms with Crippen molar-refractivity contribution >= 4 is 40.4 Å². The van der Waals surface area contributed by atoms with Gasteiger partial charge in [-0.2, -0.15) is 0 Å². The number of hydrogen-bond donors (Lipinski definition) is 3. The topological polar surface area (TPSA) is 95.5 Å². The summed E-state index contributed by atoms with van der Waals surface area (Å²) in [7, 11) is 0. The van der Waals surface area contributed by atoms with Crippen LogP contribution in [0.2, 0.25) is 0 Å². The Labute approximate surface area is 141 Å². The van der Waals surface area contributed by atoms with E-state index in [1.54, 1.807) is 18.2 Å². The first kappa shape index (κ1) is 16.7. The quantitative estimate of drug-likeness (QED) is 0.519. The highest BCUT2D eigenvalue weighted by molar-refractivity contribution is 14.1. The van der Waals surface area contributed by atoms with Crippen LogP contribution in [-0.4, -0.2) is 22.9 Å². The van der Waals surface area contributed by atoms with Crippen LogP contribution in [0.25, 0.3) is 0 Å². The van der Waals surface area contributed by atoms with Gasteiger partial charge in [-0.05, 0) is 47.6 Å². The summed E-state index contributed by atoms with van der Waals surface area (Å²) in [5, 5.41) is 9.18. The Kier molecular flexibility index (Phi) is 5.76. The molecule has 2 amide bonds. The highest BCUT2D eigenvalue weighted by Gasteiger charge is 2.35. The van der Waals surface area contributed by atoms with Crippen LogP contribution in [0.15, 0.2) is 24.3 Å². The van der Waals surface area contributed by atoms with Crippen LogP contribution >= 0.6 is 22.6 Å². The van der Waals surface area contributed by atoms with Crippen molar-refractivity contribution in [3.8, 4) is 0 Å². The van der Waals surface area contributed by atoms with Crippen molar-refractivity contribution in [2.75, 3.05) is 0 Å². The maximum Gasteiger partial charge on any atom is 0.307 e. The van der Waals surface area contributed by atoms with Gasteiger partial charge in [0.2, 0.25) is 5.91 Å². The molecular formula is C15H17IN2O4. The summed E-state index contributed by atoms with van der Waals surface area (Å²) in [5.41, 5.74) is 5.18. The van der Waals surface area contributed by atoms with E-state index in [2.05, 4.69) is 10.9 Å². The lowest BCUT2D eigenvalue weighted by Gasteiger charge is -2.27. The van der Waals surface area contributed by atoms with Gasteiger partial charge in [0.1, 0.15) is 0 Å². The molecule has 0 bridgehead atoms. The number of nitrogens with one attached hydrogen (secondary N) is 2. The van der Waals surface area contributed by atoms with Crippen LogP contribution in [0.5, 0.6) is 0 Å². The molecule has 22 heavy (non-hydrogen) atoms. The molecule has 2 rings (SSSR count). The summed E-state index contributed by atoms with van der Waals surface area (Å²) in [6.07, 6.45) is 2.67. The smallest absolute Gasteiger partial charge is 0.307 e. The Morgan fingerprint density at radius 2 is 1.68 bits per heavy atom. The van der Waals surface area contributed by atoms with Gasteiger partial charge in [-0.25, -0.2) is 0 Å². The number of halogens is 1. The van der Waals surface area contributed by atoms with Gasteiger partial charge in [-0.3, -0.25) is 25.2 Å². The van der Waals surface area contributed by atoms with Gasteiger partial charge < -0.3 is 5.11 Å². The molecule has 1 aromatic rings. The Morgan fingerprint density at radius 3 is 2.32 bits per heavy atom. The van der Waals surface area contributed by atoms with E-state index in [1.807, 2.05) is 28.7 Å². The number of benzene rings is 1. The number of carboxylic acid groups (broad SMARTS) is 1. The average Bonchev–Trinajstić information content (AvgIpc) is 2.52. The molecule has 1 unspecified atom stereocenters. The van der Waals surface area contributed by atoms with Gasteiger partial charge in [-0.1, -0.05) is 25.0 Å². The van der Waals surface area contributed by atoms with Gasteiger partial charge in [-0.15, -0.1) is 0 Å². The first-order valence-electron chi connectivity index (χ1n) is 7.08. The van der Waals surface area contributed by atoms with Crippen molar-refractivity contribution in [2.45, 2.75) is 25.7 Å². The molecule has 2 atom stereocenters. The van der Waals surface area contributed by atoms with Crippen LogP contribution < -0.4 is 10.9 Å². The van der Waals surface area contributed by atoms with E-state index in [9.17, 15) is 19.5 Å². The molecule has 0 heterocycles. The summed E-state index contributed by atoms with van der Waals surface area (Å²) in [6.45, 7) is 0. The van der Waals surface area contributed by atoms with Gasteiger partial charge in [0.05, 0.1) is 17.4 Å². The molecule has 118 valence electrons. The molecule has 1 aliphatic rings. The molecule has 0 aliphatic heterocycles. The van der Waals surface area contributed by atoms with Crippen molar-refractivity contribution < 1.29 is 19.5 Å². The number of carbonyl (C=O) groups is 3. The second kappa shape index (κ2) is 7.57. The largest absolute Gasteiger partial charge is 0.481 e. The Hall–Kier alpha value is -1.64. The molecule has 6 nitrogen and oxygen atoms in total. The molecule has 0 saturated heterocycles. The molecule has 0 radical (unpaired) electrons. The van der Waals surface area contributed by atoms with E-state index < -0.39 is 29.6 Å². The van der Waals surface area contributed by atoms with Crippen molar-refractivity contribution in [3.63, 3.8) is 0 Å². The zero-order chi connectivity index (χ0) is 16.1. The number of hydrazine groups is 1. The van der Waals surface area contributed by atoms with Gasteiger partial charge in [0.25, 0.3) is 5.91 Å². The summed E-state index contributed by atoms with van der Waals surface area (Å²) in [4.78, 5) is 35.4. The number of carbonyl (C=O) groups excluding carboxylic acids is 2. The van der Waals surface area contributed by atoms with Crippen molar-refractivity contribution in [3.05, 3.63) is 33.4 Å². The first-order valence-corrected chi connectivity index (χ1v) is 8.16. The normalized spacial score (nSPS) is 21.0. The van der Waals surface area contributed by atoms with Crippen molar-refractivity contribution in [2.24, 2.45) is 11.8 Å². The molecule has 1 saturated carbocycles. The zero-order valence-corrected chi connectivity index (χ0v) is 14.0. The van der Waals surface area contributed by atoms with Crippen LogP contribution in [0.4, 0.5) is 0 Å². The summed E-state index contributed by atoms with van der Waals surface area (Å²) < 4.78 is 0.771. The van der Waals surface area contributed by atoms with Gasteiger partial charge >= 0.3 is 5.97 Å². The lowest BCUT2D eigenvalue weighted by Crippen LogP contribution is -2.48. The molecular weight excluding hydrogens is 399 g/mol. The van der Waals surface area contributed by atoms with E-state index in [-0.39, 0.29) is 0 Å². The number of aliphatic carboxylic acids is 1. The average molecular weight is 416 g/mol. The fourth-order valence-corrected chi connectivity index (χ4v) is 3.30. The minimum Gasteiger partial charge on any atom is -0.481 e. The van der Waals surface area contributed by atoms with E-state index in [1.165, 1.54) is 0 Å². The molecule has 3 N–H and O–H groups in total. The van der Waals surface area contributed by atoms with Crippen LogP contribution in [0.3, 0.4) is 0 Å². The predicted octanol–water partition coefficient (Wildman–Crippen LogP) is 1.94. The monoisotopic (exact) mass is 416 g/mol. The zero-order valence-electron chi connectivity index (χ0n) is 11.8.